The zero-order valence-corrected chi connectivity index (χ0v) is 18.0. The molecule has 1 aliphatic heterocycles. The first-order valence-electron chi connectivity index (χ1n) is 8.63. The van der Waals surface area contributed by atoms with Crippen LogP contribution < -0.4 is 10.6 Å². The Morgan fingerprint density at radius 2 is 1.91 bits per heavy atom. The highest BCUT2D eigenvalue weighted by molar-refractivity contribution is 14.0. The van der Waals surface area contributed by atoms with Gasteiger partial charge in [-0.2, -0.15) is 0 Å². The lowest BCUT2D eigenvalue weighted by Crippen LogP contribution is -2.49. The summed E-state index contributed by atoms with van der Waals surface area (Å²) >= 11 is 0. The molecule has 0 bridgehead atoms. The number of nitrogens with one attached hydrogen (secondary N) is 2. The van der Waals surface area contributed by atoms with Gasteiger partial charge >= 0.3 is 0 Å². The molecule has 2 N–H and O–H groups in total. The SMILES string of the molecule is CN=C(NCCCC(C)(C)C)NC1CCN(CCOC)CC1.I. The van der Waals surface area contributed by atoms with Crippen molar-refractivity contribution in [2.45, 2.75) is 52.5 Å². The van der Waals surface area contributed by atoms with E-state index in [9.17, 15) is 0 Å². The molecule has 6 heteroatoms. The van der Waals surface area contributed by atoms with E-state index in [1.165, 1.54) is 25.7 Å². The number of halogens is 1. The van der Waals surface area contributed by atoms with Gasteiger partial charge in [0.05, 0.1) is 6.61 Å². The van der Waals surface area contributed by atoms with Gasteiger partial charge in [0.1, 0.15) is 0 Å². The van der Waals surface area contributed by atoms with Gasteiger partial charge in [-0.15, -0.1) is 24.0 Å². The van der Waals surface area contributed by atoms with Crippen LogP contribution in [0.5, 0.6) is 0 Å². The Morgan fingerprint density at radius 1 is 1.26 bits per heavy atom. The quantitative estimate of drug-likeness (QED) is 0.277. The van der Waals surface area contributed by atoms with E-state index < -0.39 is 0 Å². The molecular weight excluding hydrogens is 403 g/mol. The maximum absolute atomic E-state index is 5.15. The van der Waals surface area contributed by atoms with Crippen molar-refractivity contribution in [2.75, 3.05) is 46.9 Å². The molecule has 0 saturated carbocycles. The topological polar surface area (TPSA) is 48.9 Å². The Morgan fingerprint density at radius 3 is 2.43 bits per heavy atom. The third kappa shape index (κ3) is 11.2. The van der Waals surface area contributed by atoms with Crippen LogP contribution in [0.25, 0.3) is 0 Å². The highest BCUT2D eigenvalue weighted by atomic mass is 127. The second kappa shape index (κ2) is 12.3. The number of nitrogens with zero attached hydrogens (tertiary/aromatic N) is 2. The molecule has 1 fully saturated rings. The van der Waals surface area contributed by atoms with E-state index in [1.807, 2.05) is 7.05 Å². The molecule has 0 atom stereocenters. The minimum absolute atomic E-state index is 0. The molecule has 0 aromatic rings. The monoisotopic (exact) mass is 440 g/mol. The Balaban J connectivity index is 0.00000484. The minimum Gasteiger partial charge on any atom is -0.383 e. The number of hydrogen-bond donors (Lipinski definition) is 2. The fourth-order valence-electron chi connectivity index (χ4n) is 2.73. The third-order valence-electron chi connectivity index (χ3n) is 4.16. The van der Waals surface area contributed by atoms with E-state index in [1.54, 1.807) is 7.11 Å². The molecule has 0 radical (unpaired) electrons. The molecule has 0 aliphatic carbocycles. The standard InChI is InChI=1S/C17H36N4O.HI/c1-17(2,3)9-6-10-19-16(18-4)20-15-7-11-21(12-8-15)13-14-22-5;/h15H,6-14H2,1-5H3,(H2,18,19,20);1H. The maximum Gasteiger partial charge on any atom is 0.191 e. The summed E-state index contributed by atoms with van der Waals surface area (Å²) in [4.78, 5) is 6.82. The summed E-state index contributed by atoms with van der Waals surface area (Å²) in [5.41, 5.74) is 0.410. The first kappa shape index (κ1) is 22.9. The molecule has 0 unspecified atom stereocenters. The Bertz CT molecular complexity index is 323. The first-order chi connectivity index (χ1) is 10.4. The van der Waals surface area contributed by atoms with Crippen LogP contribution in [0.4, 0.5) is 0 Å². The zero-order valence-electron chi connectivity index (χ0n) is 15.7. The minimum atomic E-state index is 0. The van der Waals surface area contributed by atoms with E-state index in [0.29, 0.717) is 11.5 Å². The van der Waals surface area contributed by atoms with Gasteiger partial charge in [0.2, 0.25) is 0 Å². The molecule has 0 amide bonds. The fraction of sp³-hybridized carbons (Fsp3) is 0.941. The molecule has 1 saturated heterocycles. The summed E-state index contributed by atoms with van der Waals surface area (Å²) in [5.74, 6) is 0.948. The van der Waals surface area contributed by atoms with Crippen molar-refractivity contribution in [3.05, 3.63) is 0 Å². The highest BCUT2D eigenvalue weighted by Gasteiger charge is 2.19. The summed E-state index contributed by atoms with van der Waals surface area (Å²) in [6.45, 7) is 12.0. The van der Waals surface area contributed by atoms with Crippen molar-refractivity contribution >= 4 is 29.9 Å². The molecule has 0 aromatic heterocycles. The van der Waals surface area contributed by atoms with Crippen LogP contribution in [-0.4, -0.2) is 63.8 Å². The second-order valence-corrected chi connectivity index (χ2v) is 7.42. The average Bonchev–Trinajstić information content (AvgIpc) is 2.48. The van der Waals surface area contributed by atoms with E-state index in [2.05, 4.69) is 41.3 Å². The van der Waals surface area contributed by atoms with Gasteiger partial charge in [0.25, 0.3) is 0 Å². The predicted octanol–water partition coefficient (Wildman–Crippen LogP) is 2.71. The second-order valence-electron chi connectivity index (χ2n) is 7.42. The van der Waals surface area contributed by atoms with Crippen molar-refractivity contribution in [3.8, 4) is 0 Å². The predicted molar refractivity (Wildman–Crippen MR) is 110 cm³/mol. The van der Waals surface area contributed by atoms with Gasteiger partial charge in [-0.3, -0.25) is 4.99 Å². The molecule has 138 valence electrons. The summed E-state index contributed by atoms with van der Waals surface area (Å²) in [6, 6.07) is 0.535. The van der Waals surface area contributed by atoms with Crippen LogP contribution in [0.3, 0.4) is 0 Å². The largest absolute Gasteiger partial charge is 0.383 e. The van der Waals surface area contributed by atoms with E-state index in [-0.39, 0.29) is 24.0 Å². The Labute approximate surface area is 160 Å². The molecule has 5 nitrogen and oxygen atoms in total. The summed E-state index contributed by atoms with van der Waals surface area (Å²) in [6.07, 6.45) is 4.76. The van der Waals surface area contributed by atoms with Gasteiger partial charge in [-0.05, 0) is 31.1 Å². The van der Waals surface area contributed by atoms with Gasteiger partial charge < -0.3 is 20.3 Å². The molecule has 1 heterocycles. The van der Waals surface area contributed by atoms with Crippen molar-refractivity contribution in [3.63, 3.8) is 0 Å². The molecule has 1 rings (SSSR count). The van der Waals surface area contributed by atoms with Crippen LogP contribution in [0.1, 0.15) is 46.5 Å². The number of ether oxygens (including phenoxy) is 1. The lowest BCUT2D eigenvalue weighted by Gasteiger charge is -2.32. The lowest BCUT2D eigenvalue weighted by atomic mass is 9.91. The Kier molecular flexibility index (Phi) is 12.3. The van der Waals surface area contributed by atoms with E-state index >= 15 is 0 Å². The molecule has 0 spiro atoms. The number of rotatable bonds is 7. The van der Waals surface area contributed by atoms with Crippen molar-refractivity contribution in [1.29, 1.82) is 0 Å². The van der Waals surface area contributed by atoms with Crippen molar-refractivity contribution in [2.24, 2.45) is 10.4 Å². The van der Waals surface area contributed by atoms with Crippen LogP contribution in [0.2, 0.25) is 0 Å². The van der Waals surface area contributed by atoms with Crippen LogP contribution in [0, 0.1) is 5.41 Å². The van der Waals surface area contributed by atoms with Crippen LogP contribution in [0.15, 0.2) is 4.99 Å². The normalized spacial score (nSPS) is 17.7. The third-order valence-corrected chi connectivity index (χ3v) is 4.16. The van der Waals surface area contributed by atoms with Crippen molar-refractivity contribution in [1.82, 2.24) is 15.5 Å². The Hall–Kier alpha value is -0.0800. The van der Waals surface area contributed by atoms with Gasteiger partial charge in [-0.25, -0.2) is 0 Å². The average molecular weight is 440 g/mol. The van der Waals surface area contributed by atoms with Crippen molar-refractivity contribution < 1.29 is 4.74 Å². The summed E-state index contributed by atoms with van der Waals surface area (Å²) in [7, 11) is 3.62. The smallest absolute Gasteiger partial charge is 0.191 e. The van der Waals surface area contributed by atoms with Crippen LogP contribution >= 0.6 is 24.0 Å². The fourth-order valence-corrected chi connectivity index (χ4v) is 2.73. The molecule has 0 aromatic carbocycles. The number of hydrogen-bond acceptors (Lipinski definition) is 3. The number of guanidine groups is 1. The number of aliphatic imine (C=N–C) groups is 1. The highest BCUT2D eigenvalue weighted by Crippen LogP contribution is 2.19. The molecule has 1 aliphatic rings. The number of piperidine rings is 1. The number of methoxy groups -OCH3 is 1. The van der Waals surface area contributed by atoms with Gasteiger partial charge in [-0.1, -0.05) is 20.8 Å². The number of likely N-dealkylation sites (tertiary alicyclic amines) is 1. The van der Waals surface area contributed by atoms with E-state index in [0.717, 1.165) is 38.7 Å². The van der Waals surface area contributed by atoms with E-state index in [4.69, 9.17) is 4.74 Å². The zero-order chi connectivity index (χ0) is 16.4. The summed E-state index contributed by atoms with van der Waals surface area (Å²) < 4.78 is 5.15. The molecular formula is C17H37IN4O. The van der Waals surface area contributed by atoms with Crippen LogP contribution in [-0.2, 0) is 4.74 Å². The maximum atomic E-state index is 5.15. The van der Waals surface area contributed by atoms with Gasteiger partial charge in [0, 0.05) is 46.4 Å². The molecule has 23 heavy (non-hydrogen) atoms. The first-order valence-corrected chi connectivity index (χ1v) is 8.63. The lowest BCUT2D eigenvalue weighted by molar-refractivity contribution is 0.128. The van der Waals surface area contributed by atoms with Gasteiger partial charge in [0.15, 0.2) is 5.96 Å². The summed E-state index contributed by atoms with van der Waals surface area (Å²) in [5, 5.41) is 7.00.